The van der Waals surface area contributed by atoms with Crippen molar-refractivity contribution in [2.45, 2.75) is 83.6 Å². The Labute approximate surface area is 288 Å². The van der Waals surface area contributed by atoms with Crippen LogP contribution in [0.15, 0.2) is 94.8 Å². The zero-order valence-corrected chi connectivity index (χ0v) is 28.3. The number of aliphatic hydroxyl groups is 3. The van der Waals surface area contributed by atoms with E-state index in [1.165, 1.54) is 49.5 Å². The fraction of sp³-hybridized carbons (Fsp3) is 0.389. The van der Waals surface area contributed by atoms with Crippen LogP contribution in [0.4, 0.5) is 0 Å². The number of allylic oxidation sites excluding steroid dienone is 9. The van der Waals surface area contributed by atoms with Crippen LogP contribution in [-0.2, 0) is 38.2 Å². The molecule has 14 nitrogen and oxygen atoms in total. The van der Waals surface area contributed by atoms with E-state index >= 15 is 0 Å². The standard InChI is InChI=1S/C28H32N2O7.C8H9NO4/c1-16(2)13-17(3)14-18(4)27(35)29-19-15-28(36,26-25(37-26)24(19)34)12-8-6-5-7-9-22(33)30-23-20(31)10-11-21(23)32;1-3(10)9-4-2-5(11)7-8(13-7)6(4)12/h5-9,12-16,25-26,31,36H,10-11H2,1-4H3,(H,29,35)(H,30,33);2,5,7-8,11H,1H3,(H,9,10)/b6-5+,9-7+,12-8+,17-13+,18-14+;/t25-,26-,28+;5-,7-,8+/m10/s1. The van der Waals surface area contributed by atoms with Gasteiger partial charge in [0.1, 0.15) is 35.4 Å². The van der Waals surface area contributed by atoms with Gasteiger partial charge in [-0.1, -0.05) is 55.9 Å². The first kappa shape index (κ1) is 37.8. The lowest BCUT2D eigenvalue weighted by Crippen LogP contribution is -2.42. The number of carbonyl (C=O) groups excluding carboxylic acids is 6. The first-order valence-electron chi connectivity index (χ1n) is 16.0. The van der Waals surface area contributed by atoms with Gasteiger partial charge in [-0.05, 0) is 38.0 Å². The van der Waals surface area contributed by atoms with Crippen molar-refractivity contribution >= 4 is 35.1 Å². The molecular weight excluding hydrogens is 650 g/mol. The molecule has 0 aromatic carbocycles. The van der Waals surface area contributed by atoms with E-state index in [9.17, 15) is 44.1 Å². The Morgan fingerprint density at radius 2 is 1.60 bits per heavy atom. The van der Waals surface area contributed by atoms with Gasteiger partial charge in [0.25, 0.3) is 5.91 Å². The minimum Gasteiger partial charge on any atom is -0.510 e. The largest absolute Gasteiger partial charge is 0.510 e. The molecule has 3 amide bonds. The monoisotopic (exact) mass is 691 g/mol. The highest BCUT2D eigenvalue weighted by molar-refractivity contribution is 6.07. The van der Waals surface area contributed by atoms with Gasteiger partial charge in [0.15, 0.2) is 18.0 Å². The molecule has 5 aliphatic rings. The molecule has 6 atom stereocenters. The molecule has 50 heavy (non-hydrogen) atoms. The molecule has 0 radical (unpaired) electrons. The number of carbonyl (C=O) groups is 6. The number of Topliss-reactive ketones (excluding diaryl/α,β-unsaturated/α-hetero) is 3. The molecule has 0 aromatic heterocycles. The number of rotatable bonds is 10. The van der Waals surface area contributed by atoms with Crippen LogP contribution in [0.1, 0.15) is 47.5 Å². The molecule has 6 N–H and O–H groups in total. The van der Waals surface area contributed by atoms with Crippen LogP contribution in [-0.4, -0.2) is 86.5 Å². The second-order valence-corrected chi connectivity index (χ2v) is 12.7. The molecule has 2 aliphatic heterocycles. The van der Waals surface area contributed by atoms with Crippen LogP contribution in [0.25, 0.3) is 0 Å². The maximum atomic E-state index is 12.6. The van der Waals surface area contributed by atoms with Gasteiger partial charge < -0.3 is 40.7 Å². The summed E-state index contributed by atoms with van der Waals surface area (Å²) in [5, 5.41) is 37.2. The van der Waals surface area contributed by atoms with Gasteiger partial charge in [-0.25, -0.2) is 0 Å². The highest BCUT2D eigenvalue weighted by atomic mass is 16.6. The lowest BCUT2D eigenvalue weighted by Gasteiger charge is -2.23. The molecular formula is C36H41N3O11. The number of fused-ring (bicyclic) bond motifs is 2. The SMILES string of the molecule is CC(=C\C(C)C)/C=C(\C)C(=O)NC1=C[C@@](O)(/C=C/C=C/C=C/C(=O)NC2=C(O)CCC2=O)[C@@H]2O[C@@H]2C1=O.CC(=O)NC1=C[C@H](O)[C@@H]2O[C@@H]2C1=O. The highest BCUT2D eigenvalue weighted by Gasteiger charge is 2.60. The summed E-state index contributed by atoms with van der Waals surface area (Å²) in [5.41, 5.74) is -0.229. The number of hydrogen-bond donors (Lipinski definition) is 6. The topological polar surface area (TPSA) is 224 Å². The first-order valence-corrected chi connectivity index (χ1v) is 16.0. The number of hydrogen-bond acceptors (Lipinski definition) is 11. The van der Waals surface area contributed by atoms with Gasteiger partial charge in [-0.15, -0.1) is 0 Å². The Kier molecular flexibility index (Phi) is 11.9. The van der Waals surface area contributed by atoms with Gasteiger partial charge in [0.2, 0.25) is 23.4 Å². The van der Waals surface area contributed by atoms with E-state index in [2.05, 4.69) is 16.0 Å². The van der Waals surface area contributed by atoms with Gasteiger partial charge in [-0.3, -0.25) is 28.8 Å². The van der Waals surface area contributed by atoms with Crippen LogP contribution >= 0.6 is 0 Å². The van der Waals surface area contributed by atoms with E-state index < -0.39 is 53.7 Å². The van der Waals surface area contributed by atoms with E-state index in [1.807, 2.05) is 26.8 Å². The molecule has 0 unspecified atom stereocenters. The van der Waals surface area contributed by atoms with E-state index in [-0.39, 0.29) is 53.2 Å². The summed E-state index contributed by atoms with van der Waals surface area (Å²) in [7, 11) is 0. The van der Waals surface area contributed by atoms with E-state index in [1.54, 1.807) is 19.1 Å². The van der Waals surface area contributed by atoms with Crippen LogP contribution in [0.5, 0.6) is 0 Å². The molecule has 0 saturated carbocycles. The number of nitrogens with one attached hydrogen (secondary N) is 3. The van der Waals surface area contributed by atoms with Crippen LogP contribution in [0.3, 0.4) is 0 Å². The highest BCUT2D eigenvalue weighted by Crippen LogP contribution is 2.41. The molecule has 3 aliphatic carbocycles. The third-order valence-corrected chi connectivity index (χ3v) is 7.88. The van der Waals surface area contributed by atoms with E-state index in [4.69, 9.17) is 9.47 Å². The second kappa shape index (κ2) is 15.7. The van der Waals surface area contributed by atoms with Crippen LogP contribution < -0.4 is 16.0 Å². The summed E-state index contributed by atoms with van der Waals surface area (Å²) >= 11 is 0. The Hall–Kier alpha value is -5.02. The summed E-state index contributed by atoms with van der Waals surface area (Å²) in [6.45, 7) is 8.91. The molecule has 2 heterocycles. The normalized spacial score (nSPS) is 29.0. The second-order valence-electron chi connectivity index (χ2n) is 12.7. The number of ether oxygens (including phenoxy) is 2. The molecule has 14 heteroatoms. The zero-order chi connectivity index (χ0) is 36.9. The Morgan fingerprint density at radius 3 is 2.24 bits per heavy atom. The number of ketones is 3. The average molecular weight is 692 g/mol. The van der Waals surface area contributed by atoms with Crippen LogP contribution in [0, 0.1) is 5.92 Å². The summed E-state index contributed by atoms with van der Waals surface area (Å²) < 4.78 is 10.3. The minimum atomic E-state index is -1.61. The Morgan fingerprint density at radius 1 is 0.920 bits per heavy atom. The first-order chi connectivity index (χ1) is 23.5. The Balaban J connectivity index is 0.000000358. The zero-order valence-electron chi connectivity index (χ0n) is 28.3. The van der Waals surface area contributed by atoms with Crippen molar-refractivity contribution in [2.75, 3.05) is 0 Å². The van der Waals surface area contributed by atoms with Crippen molar-refractivity contribution in [2.24, 2.45) is 5.92 Å². The maximum absolute atomic E-state index is 12.6. The summed E-state index contributed by atoms with van der Waals surface area (Å²) in [5.74, 6) is -2.11. The van der Waals surface area contributed by atoms with Gasteiger partial charge >= 0.3 is 0 Å². The Bertz CT molecular complexity index is 1720. The average Bonchev–Trinajstić information content (AvgIpc) is 3.95. The molecule has 2 fully saturated rings. The number of amides is 3. The third kappa shape index (κ3) is 9.57. The molecule has 5 rings (SSSR count). The summed E-state index contributed by atoms with van der Waals surface area (Å²) in [6.07, 6.45) is 12.0. The number of epoxide rings is 2. The smallest absolute Gasteiger partial charge is 0.251 e. The van der Waals surface area contributed by atoms with Gasteiger partial charge in [0.05, 0.1) is 11.4 Å². The van der Waals surface area contributed by atoms with E-state index in [0.29, 0.717) is 11.5 Å². The number of aliphatic hydroxyl groups excluding tert-OH is 2. The minimum absolute atomic E-state index is 0.0336. The van der Waals surface area contributed by atoms with Crippen molar-refractivity contribution < 1.29 is 53.6 Å². The van der Waals surface area contributed by atoms with Crippen molar-refractivity contribution in [3.8, 4) is 0 Å². The van der Waals surface area contributed by atoms with Gasteiger partial charge in [-0.2, -0.15) is 0 Å². The predicted octanol–water partition coefficient (Wildman–Crippen LogP) is 1.25. The van der Waals surface area contributed by atoms with E-state index in [0.717, 1.165) is 5.57 Å². The molecule has 266 valence electrons. The van der Waals surface area contributed by atoms with Crippen molar-refractivity contribution in [3.63, 3.8) is 0 Å². The molecule has 0 spiro atoms. The maximum Gasteiger partial charge on any atom is 0.251 e. The molecule has 0 aromatic rings. The fourth-order valence-corrected chi connectivity index (χ4v) is 5.46. The fourth-order valence-electron chi connectivity index (χ4n) is 5.46. The third-order valence-electron chi connectivity index (χ3n) is 7.88. The lowest BCUT2D eigenvalue weighted by atomic mass is 9.88. The quantitative estimate of drug-likeness (QED) is 0.109. The van der Waals surface area contributed by atoms with Crippen LogP contribution in [0.2, 0.25) is 0 Å². The molecule has 2 saturated heterocycles. The van der Waals surface area contributed by atoms with Crippen molar-refractivity contribution in [3.05, 3.63) is 94.8 Å². The van der Waals surface area contributed by atoms with Gasteiger partial charge in [0, 0.05) is 31.4 Å². The summed E-state index contributed by atoms with van der Waals surface area (Å²) in [6, 6.07) is 0. The van der Waals surface area contributed by atoms with Crippen molar-refractivity contribution in [1.82, 2.24) is 16.0 Å². The molecule has 0 bridgehead atoms. The van der Waals surface area contributed by atoms with Crippen molar-refractivity contribution in [1.29, 1.82) is 0 Å². The lowest BCUT2D eigenvalue weighted by molar-refractivity contribution is -0.122. The predicted molar refractivity (Wildman–Crippen MR) is 178 cm³/mol. The summed E-state index contributed by atoms with van der Waals surface area (Å²) in [4.78, 5) is 70.6.